The maximum atomic E-state index is 12.5. The summed E-state index contributed by atoms with van der Waals surface area (Å²) in [5.41, 5.74) is 6.59. The van der Waals surface area contributed by atoms with Crippen molar-refractivity contribution in [2.75, 3.05) is 17.2 Å². The number of nitrogen functional groups attached to an aromatic ring is 1. The fourth-order valence-electron chi connectivity index (χ4n) is 2.35. The second-order valence-electron chi connectivity index (χ2n) is 5.62. The van der Waals surface area contributed by atoms with Crippen LogP contribution in [0.3, 0.4) is 0 Å². The highest BCUT2D eigenvalue weighted by atomic mass is 35.5. The lowest BCUT2D eigenvalue weighted by atomic mass is 10.2. The van der Waals surface area contributed by atoms with Gasteiger partial charge in [-0.05, 0) is 38.1 Å². The quantitative estimate of drug-likeness (QED) is 0.623. The first-order valence-corrected chi connectivity index (χ1v) is 8.35. The first-order valence-electron chi connectivity index (χ1n) is 7.60. The van der Waals surface area contributed by atoms with Crippen molar-refractivity contribution < 1.29 is 14.3 Å². The zero-order chi connectivity index (χ0) is 18.6. The maximum Gasteiger partial charge on any atom is 0.340 e. The molecule has 0 aliphatic carbocycles. The van der Waals surface area contributed by atoms with Gasteiger partial charge in [0.2, 0.25) is 0 Å². The predicted octanol–water partition coefficient (Wildman–Crippen LogP) is 4.17. The van der Waals surface area contributed by atoms with Gasteiger partial charge in [-0.2, -0.15) is 0 Å². The van der Waals surface area contributed by atoms with E-state index < -0.39 is 12.6 Å². The van der Waals surface area contributed by atoms with Crippen LogP contribution in [-0.2, 0) is 9.53 Å². The zero-order valence-electron chi connectivity index (χ0n) is 13.8. The van der Waals surface area contributed by atoms with Crippen molar-refractivity contribution >= 4 is 46.5 Å². The lowest BCUT2D eigenvalue weighted by Gasteiger charge is -2.26. The van der Waals surface area contributed by atoms with Crippen LogP contribution in [0.15, 0.2) is 42.5 Å². The Morgan fingerprint density at radius 1 is 1.16 bits per heavy atom. The second-order valence-corrected chi connectivity index (χ2v) is 6.46. The molecule has 25 heavy (non-hydrogen) atoms. The van der Waals surface area contributed by atoms with Gasteiger partial charge in [0.1, 0.15) is 0 Å². The lowest BCUT2D eigenvalue weighted by Crippen LogP contribution is -2.39. The van der Waals surface area contributed by atoms with Gasteiger partial charge in [0, 0.05) is 16.8 Å². The number of benzene rings is 2. The normalized spacial score (nSPS) is 10.6. The number of halogens is 2. The van der Waals surface area contributed by atoms with E-state index in [1.807, 2.05) is 44.2 Å². The van der Waals surface area contributed by atoms with Crippen LogP contribution in [0.4, 0.5) is 11.4 Å². The third-order valence-corrected chi connectivity index (χ3v) is 3.99. The molecule has 5 nitrogen and oxygen atoms in total. The van der Waals surface area contributed by atoms with E-state index in [2.05, 4.69) is 0 Å². The molecule has 0 aromatic heterocycles. The minimum atomic E-state index is -0.757. The first-order chi connectivity index (χ1) is 11.8. The van der Waals surface area contributed by atoms with Crippen LogP contribution in [0.25, 0.3) is 0 Å². The predicted molar refractivity (Wildman–Crippen MR) is 100 cm³/mol. The number of esters is 1. The van der Waals surface area contributed by atoms with E-state index in [1.54, 1.807) is 4.90 Å². The third-order valence-electron chi connectivity index (χ3n) is 3.46. The molecule has 0 aliphatic heterocycles. The van der Waals surface area contributed by atoms with Crippen LogP contribution in [0, 0.1) is 0 Å². The van der Waals surface area contributed by atoms with Crippen LogP contribution in [0.1, 0.15) is 24.2 Å². The molecular weight excluding hydrogens is 363 g/mol. The SMILES string of the molecule is CC(C)N(C(=O)COC(=O)c1cc(Cl)cc(Cl)c1N)c1ccccc1. The van der Waals surface area contributed by atoms with Crippen LogP contribution in [-0.4, -0.2) is 24.5 Å². The fourth-order valence-corrected chi connectivity index (χ4v) is 2.84. The standard InChI is InChI=1S/C18H18Cl2N2O3/c1-11(2)22(13-6-4-3-5-7-13)16(23)10-25-18(24)14-8-12(19)9-15(20)17(14)21/h3-9,11H,10,21H2,1-2H3. The van der Waals surface area contributed by atoms with Crippen molar-refractivity contribution in [1.29, 1.82) is 0 Å². The Morgan fingerprint density at radius 3 is 2.40 bits per heavy atom. The van der Waals surface area contributed by atoms with E-state index >= 15 is 0 Å². The summed E-state index contributed by atoms with van der Waals surface area (Å²) in [6.45, 7) is 3.33. The summed E-state index contributed by atoms with van der Waals surface area (Å²) in [5.74, 6) is -1.10. The number of nitrogens with zero attached hydrogens (tertiary/aromatic N) is 1. The van der Waals surface area contributed by atoms with Crippen molar-refractivity contribution in [3.05, 3.63) is 58.1 Å². The highest BCUT2D eigenvalue weighted by molar-refractivity contribution is 6.37. The maximum absolute atomic E-state index is 12.5. The van der Waals surface area contributed by atoms with E-state index in [9.17, 15) is 9.59 Å². The minimum absolute atomic E-state index is 0.0288. The molecule has 0 unspecified atom stereocenters. The summed E-state index contributed by atoms with van der Waals surface area (Å²) in [6.07, 6.45) is 0. The van der Waals surface area contributed by atoms with Crippen LogP contribution in [0.2, 0.25) is 10.0 Å². The summed E-state index contributed by atoms with van der Waals surface area (Å²) in [4.78, 5) is 26.3. The molecule has 1 amide bonds. The van der Waals surface area contributed by atoms with Gasteiger partial charge in [-0.3, -0.25) is 4.79 Å². The first kappa shape index (κ1) is 19.1. The highest BCUT2D eigenvalue weighted by Crippen LogP contribution is 2.28. The Labute approximate surface area is 156 Å². The molecule has 0 saturated heterocycles. The number of anilines is 2. The number of nitrogens with two attached hydrogens (primary N) is 1. The molecule has 0 fully saturated rings. The van der Waals surface area contributed by atoms with Gasteiger partial charge in [0.15, 0.2) is 6.61 Å². The van der Waals surface area contributed by atoms with Crippen LogP contribution >= 0.6 is 23.2 Å². The van der Waals surface area contributed by atoms with Crippen molar-refractivity contribution in [1.82, 2.24) is 0 Å². The molecule has 0 spiro atoms. The topological polar surface area (TPSA) is 72.6 Å². The summed E-state index contributed by atoms with van der Waals surface area (Å²) in [6, 6.07) is 11.8. The van der Waals surface area contributed by atoms with E-state index in [-0.39, 0.29) is 33.2 Å². The Hall–Kier alpha value is -2.24. The monoisotopic (exact) mass is 380 g/mol. The molecule has 2 N–H and O–H groups in total. The third kappa shape index (κ3) is 4.65. The van der Waals surface area contributed by atoms with Gasteiger partial charge in [-0.1, -0.05) is 41.4 Å². The Kier molecular flexibility index (Phi) is 6.28. The number of carbonyl (C=O) groups excluding carboxylic acids is 2. The summed E-state index contributed by atoms with van der Waals surface area (Å²) >= 11 is 11.8. The van der Waals surface area contributed by atoms with Crippen LogP contribution < -0.4 is 10.6 Å². The van der Waals surface area contributed by atoms with Gasteiger partial charge in [0.05, 0.1) is 16.3 Å². The number of rotatable bonds is 5. The summed E-state index contributed by atoms with van der Waals surface area (Å²) < 4.78 is 5.11. The Morgan fingerprint density at radius 2 is 1.80 bits per heavy atom. The van der Waals surface area contributed by atoms with Gasteiger partial charge >= 0.3 is 5.97 Å². The fraction of sp³-hybridized carbons (Fsp3) is 0.222. The van der Waals surface area contributed by atoms with Crippen molar-refractivity contribution in [3.8, 4) is 0 Å². The number of carbonyl (C=O) groups is 2. The Bertz CT molecular complexity index is 779. The molecule has 2 aromatic rings. The summed E-state index contributed by atoms with van der Waals surface area (Å²) in [5, 5.41) is 0.407. The lowest BCUT2D eigenvalue weighted by molar-refractivity contribution is -0.122. The smallest absolute Gasteiger partial charge is 0.340 e. The largest absolute Gasteiger partial charge is 0.452 e. The van der Waals surface area contributed by atoms with Gasteiger partial charge < -0.3 is 15.4 Å². The number of para-hydroxylation sites is 1. The van der Waals surface area contributed by atoms with E-state index in [0.717, 1.165) is 5.69 Å². The zero-order valence-corrected chi connectivity index (χ0v) is 15.3. The number of ether oxygens (including phenoxy) is 1. The van der Waals surface area contributed by atoms with Crippen molar-refractivity contribution in [2.45, 2.75) is 19.9 Å². The molecule has 0 aliphatic rings. The van der Waals surface area contributed by atoms with E-state index in [1.165, 1.54) is 12.1 Å². The number of amides is 1. The molecule has 7 heteroatoms. The minimum Gasteiger partial charge on any atom is -0.452 e. The van der Waals surface area contributed by atoms with Gasteiger partial charge in [0.25, 0.3) is 5.91 Å². The van der Waals surface area contributed by atoms with Gasteiger partial charge in [-0.15, -0.1) is 0 Å². The second kappa shape index (κ2) is 8.23. The van der Waals surface area contributed by atoms with Crippen LogP contribution in [0.5, 0.6) is 0 Å². The van der Waals surface area contributed by atoms with E-state index in [0.29, 0.717) is 0 Å². The molecule has 0 saturated carbocycles. The van der Waals surface area contributed by atoms with Crippen molar-refractivity contribution in [3.63, 3.8) is 0 Å². The molecule has 132 valence electrons. The van der Waals surface area contributed by atoms with E-state index in [4.69, 9.17) is 33.7 Å². The molecule has 0 bridgehead atoms. The molecule has 2 aromatic carbocycles. The molecule has 0 heterocycles. The molecular formula is C18H18Cl2N2O3. The molecule has 2 rings (SSSR count). The average Bonchev–Trinajstić information content (AvgIpc) is 2.56. The van der Waals surface area contributed by atoms with Gasteiger partial charge in [-0.25, -0.2) is 4.79 Å². The van der Waals surface area contributed by atoms with Crippen molar-refractivity contribution in [2.24, 2.45) is 0 Å². The number of hydrogen-bond donors (Lipinski definition) is 1. The molecule has 0 atom stereocenters. The summed E-state index contributed by atoms with van der Waals surface area (Å²) in [7, 11) is 0. The number of hydrogen-bond acceptors (Lipinski definition) is 4. The molecule has 0 radical (unpaired) electrons. The Balaban J connectivity index is 2.12. The highest BCUT2D eigenvalue weighted by Gasteiger charge is 2.22. The average molecular weight is 381 g/mol.